The van der Waals surface area contributed by atoms with Crippen molar-refractivity contribution in [3.05, 3.63) is 98.6 Å². The van der Waals surface area contributed by atoms with Gasteiger partial charge in [0.1, 0.15) is 5.76 Å². The first-order valence-corrected chi connectivity index (χ1v) is 10.3. The Morgan fingerprint density at radius 3 is 2.32 bits per heavy atom. The number of aliphatic hydroxyl groups excluding tert-OH is 1. The SMILES string of the molecule is COc1cc(C2/C(=C(\O)c3ccc([N+](=O)[O-])cc3)C(=O)C(=O)N2c2ccccc2)cc(Cl)c1O. The largest absolute Gasteiger partial charge is 0.507 e. The Kier molecular flexibility index (Phi) is 5.95. The van der Waals surface area contributed by atoms with Crippen LogP contribution in [-0.2, 0) is 9.59 Å². The number of Topliss-reactive ketones (excluding diaryl/α,β-unsaturated/α-hetero) is 1. The van der Waals surface area contributed by atoms with Crippen molar-refractivity contribution in [1.82, 2.24) is 0 Å². The highest BCUT2D eigenvalue weighted by atomic mass is 35.5. The molecule has 172 valence electrons. The van der Waals surface area contributed by atoms with Gasteiger partial charge in [-0.25, -0.2) is 0 Å². The third-order valence-corrected chi connectivity index (χ3v) is 5.70. The highest BCUT2D eigenvalue weighted by Gasteiger charge is 2.47. The standard InChI is InChI=1S/C24H17ClN2O7/c1-34-18-12-14(11-17(25)22(18)29)20-19(21(28)13-7-9-16(10-8-13)27(32)33)23(30)24(31)26(20)15-5-3-2-4-6-15/h2-12,20,28-29H,1H3/b21-19+. The van der Waals surface area contributed by atoms with Crippen LogP contribution >= 0.6 is 11.6 Å². The minimum Gasteiger partial charge on any atom is -0.507 e. The molecule has 1 fully saturated rings. The summed E-state index contributed by atoms with van der Waals surface area (Å²) in [6.07, 6.45) is 0. The number of non-ortho nitro benzene ring substituents is 1. The summed E-state index contributed by atoms with van der Waals surface area (Å²) in [6, 6.07) is 15.0. The average Bonchev–Trinajstić information content (AvgIpc) is 3.11. The van der Waals surface area contributed by atoms with E-state index in [-0.39, 0.29) is 33.3 Å². The number of nitro benzene ring substituents is 1. The fourth-order valence-electron chi connectivity index (χ4n) is 3.81. The molecule has 9 nitrogen and oxygen atoms in total. The lowest BCUT2D eigenvalue weighted by Crippen LogP contribution is -2.29. The molecule has 1 aliphatic heterocycles. The van der Waals surface area contributed by atoms with Crippen molar-refractivity contribution in [2.45, 2.75) is 6.04 Å². The number of carbonyl (C=O) groups excluding carboxylic acids is 2. The number of hydrogen-bond donors (Lipinski definition) is 2. The molecule has 0 aromatic heterocycles. The second-order valence-corrected chi connectivity index (χ2v) is 7.77. The van der Waals surface area contributed by atoms with Crippen molar-refractivity contribution >= 4 is 40.4 Å². The Morgan fingerprint density at radius 2 is 1.74 bits per heavy atom. The highest BCUT2D eigenvalue weighted by Crippen LogP contribution is 2.45. The van der Waals surface area contributed by atoms with Crippen LogP contribution in [0.15, 0.2) is 72.3 Å². The number of rotatable bonds is 5. The summed E-state index contributed by atoms with van der Waals surface area (Å²) in [5.74, 6) is -2.66. The summed E-state index contributed by atoms with van der Waals surface area (Å²) in [4.78, 5) is 37.8. The van der Waals surface area contributed by atoms with E-state index in [1.807, 2.05) is 0 Å². The maximum Gasteiger partial charge on any atom is 0.300 e. The van der Waals surface area contributed by atoms with Gasteiger partial charge in [0.05, 0.1) is 28.7 Å². The first kappa shape index (κ1) is 22.8. The maximum absolute atomic E-state index is 13.1. The zero-order chi connectivity index (χ0) is 24.6. The van der Waals surface area contributed by atoms with Crippen LogP contribution in [0.25, 0.3) is 5.76 Å². The molecular weight excluding hydrogens is 464 g/mol. The van der Waals surface area contributed by atoms with Crippen LogP contribution < -0.4 is 9.64 Å². The fourth-order valence-corrected chi connectivity index (χ4v) is 4.03. The molecule has 1 atom stereocenters. The Bertz CT molecular complexity index is 1340. The maximum atomic E-state index is 13.1. The molecule has 0 aliphatic carbocycles. The number of ether oxygens (including phenoxy) is 1. The number of ketones is 1. The quantitative estimate of drug-likeness (QED) is 0.179. The van der Waals surface area contributed by atoms with Gasteiger partial charge in [0.25, 0.3) is 17.4 Å². The lowest BCUT2D eigenvalue weighted by atomic mass is 9.94. The molecular formula is C24H17ClN2O7. The van der Waals surface area contributed by atoms with Gasteiger partial charge >= 0.3 is 0 Å². The normalized spacial score (nSPS) is 17.1. The van der Waals surface area contributed by atoms with Crippen LogP contribution in [0, 0.1) is 10.1 Å². The molecule has 0 saturated carbocycles. The predicted molar refractivity (Wildman–Crippen MR) is 124 cm³/mol. The zero-order valence-corrected chi connectivity index (χ0v) is 18.4. The minimum atomic E-state index is -1.12. The number of nitro groups is 1. The van der Waals surface area contributed by atoms with Crippen molar-refractivity contribution in [2.24, 2.45) is 0 Å². The Morgan fingerprint density at radius 1 is 1.09 bits per heavy atom. The number of benzene rings is 3. The van der Waals surface area contributed by atoms with Crippen LogP contribution in [0.4, 0.5) is 11.4 Å². The van der Waals surface area contributed by atoms with Gasteiger partial charge in [-0.05, 0) is 42.0 Å². The molecule has 3 aromatic rings. The molecule has 4 rings (SSSR count). The molecule has 0 radical (unpaired) electrons. The van der Waals surface area contributed by atoms with Gasteiger partial charge in [0.2, 0.25) is 0 Å². The lowest BCUT2D eigenvalue weighted by molar-refractivity contribution is -0.384. The molecule has 1 unspecified atom stereocenters. The van der Waals surface area contributed by atoms with Crippen molar-refractivity contribution in [1.29, 1.82) is 0 Å². The predicted octanol–water partition coefficient (Wildman–Crippen LogP) is 4.59. The second kappa shape index (κ2) is 8.87. The molecule has 0 spiro atoms. The summed E-state index contributed by atoms with van der Waals surface area (Å²) >= 11 is 6.17. The molecule has 3 aromatic carbocycles. The Hall–Kier alpha value is -4.37. The Balaban J connectivity index is 1.97. The molecule has 0 bridgehead atoms. The van der Waals surface area contributed by atoms with E-state index >= 15 is 0 Å². The smallest absolute Gasteiger partial charge is 0.300 e. The van der Waals surface area contributed by atoms with Crippen LogP contribution in [0.2, 0.25) is 5.02 Å². The van der Waals surface area contributed by atoms with Gasteiger partial charge in [-0.3, -0.25) is 24.6 Å². The molecule has 1 saturated heterocycles. The number of hydrogen-bond acceptors (Lipinski definition) is 7. The summed E-state index contributed by atoms with van der Waals surface area (Å²) in [5, 5.41) is 32.1. The number of carbonyl (C=O) groups is 2. The lowest BCUT2D eigenvalue weighted by Gasteiger charge is -2.26. The molecule has 34 heavy (non-hydrogen) atoms. The van der Waals surface area contributed by atoms with Gasteiger partial charge in [-0.15, -0.1) is 0 Å². The number of phenolic OH excluding ortho intramolecular Hbond substituents is 1. The minimum absolute atomic E-state index is 0.0106. The number of aliphatic hydroxyl groups is 1. The van der Waals surface area contributed by atoms with Crippen molar-refractivity contribution in [3.63, 3.8) is 0 Å². The molecule has 1 heterocycles. The first-order chi connectivity index (χ1) is 16.2. The number of para-hydroxylation sites is 1. The number of anilines is 1. The van der Waals surface area contributed by atoms with E-state index < -0.39 is 28.4 Å². The summed E-state index contributed by atoms with van der Waals surface area (Å²) in [5.41, 5.74) is 0.351. The average molecular weight is 481 g/mol. The molecule has 10 heteroatoms. The van der Waals surface area contributed by atoms with Crippen LogP contribution in [0.1, 0.15) is 17.2 Å². The van der Waals surface area contributed by atoms with E-state index in [0.717, 1.165) is 0 Å². The van der Waals surface area contributed by atoms with Crippen molar-refractivity contribution < 1.29 is 29.5 Å². The van der Waals surface area contributed by atoms with E-state index in [1.165, 1.54) is 48.4 Å². The monoisotopic (exact) mass is 480 g/mol. The number of aromatic hydroxyl groups is 1. The number of methoxy groups -OCH3 is 1. The summed E-state index contributed by atoms with van der Waals surface area (Å²) < 4.78 is 5.17. The van der Waals surface area contributed by atoms with Crippen LogP contribution in [-0.4, -0.2) is 33.9 Å². The van der Waals surface area contributed by atoms with Crippen molar-refractivity contribution in [2.75, 3.05) is 12.0 Å². The molecule has 2 N–H and O–H groups in total. The summed E-state index contributed by atoms with van der Waals surface area (Å²) in [7, 11) is 1.32. The fraction of sp³-hybridized carbons (Fsp3) is 0.0833. The van der Waals surface area contributed by atoms with Gasteiger partial charge in [0, 0.05) is 23.4 Å². The Labute approximate surface area is 198 Å². The van der Waals surface area contributed by atoms with E-state index in [2.05, 4.69) is 0 Å². The number of halogens is 1. The van der Waals surface area contributed by atoms with Gasteiger partial charge in [-0.1, -0.05) is 29.8 Å². The number of amides is 1. The second-order valence-electron chi connectivity index (χ2n) is 7.36. The highest BCUT2D eigenvalue weighted by molar-refractivity contribution is 6.51. The number of phenols is 1. The zero-order valence-electron chi connectivity index (χ0n) is 17.6. The van der Waals surface area contributed by atoms with E-state index in [4.69, 9.17) is 16.3 Å². The van der Waals surface area contributed by atoms with Crippen molar-refractivity contribution in [3.8, 4) is 11.5 Å². The summed E-state index contributed by atoms with van der Waals surface area (Å²) in [6.45, 7) is 0. The van der Waals surface area contributed by atoms with E-state index in [1.54, 1.807) is 30.3 Å². The molecule has 1 amide bonds. The number of nitrogens with zero attached hydrogens (tertiary/aromatic N) is 2. The first-order valence-electron chi connectivity index (χ1n) is 9.92. The van der Waals surface area contributed by atoms with Crippen LogP contribution in [0.5, 0.6) is 11.5 Å². The van der Waals surface area contributed by atoms with Gasteiger partial charge in [0.15, 0.2) is 11.5 Å². The topological polar surface area (TPSA) is 130 Å². The van der Waals surface area contributed by atoms with Gasteiger partial charge < -0.3 is 14.9 Å². The van der Waals surface area contributed by atoms with E-state index in [9.17, 15) is 29.9 Å². The van der Waals surface area contributed by atoms with Gasteiger partial charge in [-0.2, -0.15) is 0 Å². The third-order valence-electron chi connectivity index (χ3n) is 5.42. The molecule has 1 aliphatic rings. The third kappa shape index (κ3) is 3.82. The van der Waals surface area contributed by atoms with E-state index in [0.29, 0.717) is 11.3 Å². The van der Waals surface area contributed by atoms with Crippen LogP contribution in [0.3, 0.4) is 0 Å².